The average molecular weight is 335 g/mol. The van der Waals surface area contributed by atoms with Crippen molar-refractivity contribution in [2.24, 2.45) is 0 Å². The number of anilines is 3. The van der Waals surface area contributed by atoms with Gasteiger partial charge in [0.25, 0.3) is 0 Å². The lowest BCUT2D eigenvalue weighted by Crippen LogP contribution is -2.05. The molecule has 0 aliphatic rings. The van der Waals surface area contributed by atoms with E-state index in [1.165, 1.54) is 12.0 Å². The van der Waals surface area contributed by atoms with Gasteiger partial charge >= 0.3 is 0 Å². The quantitative estimate of drug-likeness (QED) is 0.763. The third-order valence-electron chi connectivity index (χ3n) is 2.86. The van der Waals surface area contributed by atoms with Gasteiger partial charge in [-0.15, -0.1) is 0 Å². The number of aryl methyl sites for hydroxylation is 1. The van der Waals surface area contributed by atoms with Crippen LogP contribution in [0.25, 0.3) is 0 Å². The van der Waals surface area contributed by atoms with Gasteiger partial charge in [-0.3, -0.25) is 0 Å². The molecule has 0 spiro atoms. The maximum absolute atomic E-state index is 4.45. The smallest absolute Gasteiger partial charge is 0.229 e. The normalized spacial score (nSPS) is 10.3. The van der Waals surface area contributed by atoms with Gasteiger partial charge in [-0.2, -0.15) is 4.98 Å². The number of rotatable bonds is 6. The zero-order valence-corrected chi connectivity index (χ0v) is 13.4. The molecule has 1 heterocycles. The number of unbranched alkanes of at least 4 members (excludes halogenated alkanes) is 1. The number of nitrogens with one attached hydrogen (secondary N) is 2. The number of hydrogen-bond acceptors (Lipinski definition) is 4. The highest BCUT2D eigenvalue weighted by Gasteiger charge is 2.03. The summed E-state index contributed by atoms with van der Waals surface area (Å²) in [6.45, 7) is 5.16. The first kappa shape index (κ1) is 14.8. The molecule has 106 valence electrons. The summed E-state index contributed by atoms with van der Waals surface area (Å²) in [7, 11) is 0. The van der Waals surface area contributed by atoms with Crippen LogP contribution in [0, 0.1) is 6.92 Å². The first-order valence-corrected chi connectivity index (χ1v) is 7.58. The Hall–Kier alpha value is -1.62. The molecular weight excluding hydrogens is 316 g/mol. The lowest BCUT2D eigenvalue weighted by atomic mass is 10.2. The number of aromatic nitrogens is 2. The van der Waals surface area contributed by atoms with Gasteiger partial charge in [0.15, 0.2) is 0 Å². The van der Waals surface area contributed by atoms with Gasteiger partial charge in [0, 0.05) is 17.2 Å². The van der Waals surface area contributed by atoms with E-state index >= 15 is 0 Å². The Balaban J connectivity index is 2.07. The molecule has 0 saturated heterocycles. The zero-order valence-electron chi connectivity index (χ0n) is 11.8. The topological polar surface area (TPSA) is 49.8 Å². The third-order valence-corrected chi connectivity index (χ3v) is 3.52. The van der Waals surface area contributed by atoms with E-state index in [0.29, 0.717) is 5.95 Å². The highest BCUT2D eigenvalue weighted by molar-refractivity contribution is 9.10. The lowest BCUT2D eigenvalue weighted by Gasteiger charge is -2.09. The van der Waals surface area contributed by atoms with Gasteiger partial charge in [0.05, 0.1) is 5.69 Å². The second-order valence-electron chi connectivity index (χ2n) is 4.65. The number of nitrogens with zero attached hydrogens (tertiary/aromatic N) is 2. The lowest BCUT2D eigenvalue weighted by molar-refractivity contribution is 0.830. The molecule has 0 aliphatic carbocycles. The van der Waals surface area contributed by atoms with Crippen molar-refractivity contribution in [1.82, 2.24) is 9.97 Å². The molecule has 2 N–H and O–H groups in total. The van der Waals surface area contributed by atoms with Crippen LogP contribution < -0.4 is 10.6 Å². The third kappa shape index (κ3) is 4.20. The van der Waals surface area contributed by atoms with Gasteiger partial charge in [-0.1, -0.05) is 19.4 Å². The molecule has 0 atom stereocenters. The predicted octanol–water partition coefficient (Wildman–Crippen LogP) is 4.50. The predicted molar refractivity (Wildman–Crippen MR) is 87.6 cm³/mol. The Morgan fingerprint density at radius 3 is 2.85 bits per heavy atom. The van der Waals surface area contributed by atoms with Crippen LogP contribution >= 0.6 is 15.9 Å². The first-order chi connectivity index (χ1) is 9.69. The Labute approximate surface area is 128 Å². The van der Waals surface area contributed by atoms with Crippen molar-refractivity contribution in [3.63, 3.8) is 0 Å². The van der Waals surface area contributed by atoms with Crippen molar-refractivity contribution in [3.05, 3.63) is 40.5 Å². The summed E-state index contributed by atoms with van der Waals surface area (Å²) in [4.78, 5) is 8.69. The molecule has 0 amide bonds. The summed E-state index contributed by atoms with van der Waals surface area (Å²) < 4.78 is 1.01. The summed E-state index contributed by atoms with van der Waals surface area (Å²) >= 11 is 3.54. The summed E-state index contributed by atoms with van der Waals surface area (Å²) in [5.74, 6) is 1.44. The van der Waals surface area contributed by atoms with Crippen LogP contribution in [0.3, 0.4) is 0 Å². The van der Waals surface area contributed by atoms with E-state index in [9.17, 15) is 0 Å². The van der Waals surface area contributed by atoms with Crippen molar-refractivity contribution in [2.75, 3.05) is 17.2 Å². The van der Waals surface area contributed by atoms with Crippen LogP contribution in [0.15, 0.2) is 34.9 Å². The molecule has 2 rings (SSSR count). The molecular formula is C15H19BrN4. The fourth-order valence-corrected chi connectivity index (χ4v) is 2.34. The Morgan fingerprint density at radius 2 is 2.10 bits per heavy atom. The van der Waals surface area contributed by atoms with E-state index in [-0.39, 0.29) is 0 Å². The van der Waals surface area contributed by atoms with Crippen LogP contribution in [0.5, 0.6) is 0 Å². The van der Waals surface area contributed by atoms with Crippen LogP contribution in [0.2, 0.25) is 0 Å². The molecule has 2 aromatic rings. The summed E-state index contributed by atoms with van der Waals surface area (Å²) in [6.07, 6.45) is 4.06. The van der Waals surface area contributed by atoms with E-state index in [0.717, 1.165) is 28.9 Å². The van der Waals surface area contributed by atoms with E-state index < -0.39 is 0 Å². The maximum atomic E-state index is 4.45. The van der Waals surface area contributed by atoms with Gasteiger partial charge in [0.2, 0.25) is 5.95 Å². The van der Waals surface area contributed by atoms with Crippen LogP contribution in [-0.2, 0) is 0 Å². The molecule has 5 heteroatoms. The molecule has 20 heavy (non-hydrogen) atoms. The van der Waals surface area contributed by atoms with Crippen LogP contribution in [0.1, 0.15) is 25.3 Å². The minimum Gasteiger partial charge on any atom is -0.370 e. The Morgan fingerprint density at radius 1 is 1.25 bits per heavy atom. The second kappa shape index (κ2) is 7.24. The van der Waals surface area contributed by atoms with Gasteiger partial charge in [0.1, 0.15) is 5.82 Å². The fraction of sp³-hybridized carbons (Fsp3) is 0.333. The van der Waals surface area contributed by atoms with Crippen LogP contribution in [0.4, 0.5) is 17.5 Å². The van der Waals surface area contributed by atoms with E-state index in [2.05, 4.69) is 62.5 Å². The highest BCUT2D eigenvalue weighted by Crippen LogP contribution is 2.25. The fourth-order valence-electron chi connectivity index (χ4n) is 1.75. The molecule has 0 radical (unpaired) electrons. The number of benzene rings is 1. The van der Waals surface area contributed by atoms with E-state index in [1.54, 1.807) is 6.20 Å². The van der Waals surface area contributed by atoms with Crippen molar-refractivity contribution in [2.45, 2.75) is 26.7 Å². The van der Waals surface area contributed by atoms with Crippen molar-refractivity contribution in [1.29, 1.82) is 0 Å². The summed E-state index contributed by atoms with van der Waals surface area (Å²) in [5, 5.41) is 6.51. The minimum atomic E-state index is 0.594. The van der Waals surface area contributed by atoms with Crippen LogP contribution in [-0.4, -0.2) is 16.5 Å². The standard InChI is InChI=1S/C15H19BrN4/c1-3-4-8-17-14-7-9-18-15(20-14)19-13-6-5-11(2)10-12(13)16/h5-7,9-10H,3-4,8H2,1-2H3,(H2,17,18,19,20). The molecule has 0 unspecified atom stereocenters. The highest BCUT2D eigenvalue weighted by atomic mass is 79.9. The molecule has 0 bridgehead atoms. The Kier molecular flexibility index (Phi) is 5.35. The molecule has 0 aliphatic heterocycles. The van der Waals surface area contributed by atoms with Crippen molar-refractivity contribution >= 4 is 33.4 Å². The van der Waals surface area contributed by atoms with E-state index in [4.69, 9.17) is 0 Å². The van der Waals surface area contributed by atoms with E-state index in [1.807, 2.05) is 12.1 Å². The summed E-state index contributed by atoms with van der Waals surface area (Å²) in [6, 6.07) is 8.01. The molecule has 0 fully saturated rings. The largest absolute Gasteiger partial charge is 0.370 e. The minimum absolute atomic E-state index is 0.594. The molecule has 1 aromatic carbocycles. The van der Waals surface area contributed by atoms with Crippen molar-refractivity contribution < 1.29 is 0 Å². The summed E-state index contributed by atoms with van der Waals surface area (Å²) in [5.41, 5.74) is 2.17. The second-order valence-corrected chi connectivity index (χ2v) is 5.51. The molecule has 1 aromatic heterocycles. The Bertz CT molecular complexity index is 572. The molecule has 0 saturated carbocycles. The monoisotopic (exact) mass is 334 g/mol. The average Bonchev–Trinajstić information content (AvgIpc) is 2.43. The van der Waals surface area contributed by atoms with Gasteiger partial charge in [-0.05, 0) is 53.0 Å². The number of halogens is 1. The SMILES string of the molecule is CCCCNc1ccnc(Nc2ccc(C)cc2Br)n1. The van der Waals surface area contributed by atoms with Gasteiger partial charge in [-0.25, -0.2) is 4.98 Å². The first-order valence-electron chi connectivity index (χ1n) is 6.79. The molecule has 4 nitrogen and oxygen atoms in total. The van der Waals surface area contributed by atoms with Crippen molar-refractivity contribution in [3.8, 4) is 0 Å². The number of hydrogen-bond donors (Lipinski definition) is 2. The van der Waals surface area contributed by atoms with Gasteiger partial charge < -0.3 is 10.6 Å². The zero-order chi connectivity index (χ0) is 14.4. The maximum Gasteiger partial charge on any atom is 0.229 e.